The van der Waals surface area contributed by atoms with E-state index < -0.39 is 0 Å². The molecule has 0 unspecified atom stereocenters. The molecule has 0 aliphatic rings. The number of para-hydroxylation sites is 1. The van der Waals surface area contributed by atoms with Gasteiger partial charge in [-0.25, -0.2) is 0 Å². The quantitative estimate of drug-likeness (QED) is 0.740. The van der Waals surface area contributed by atoms with Crippen LogP contribution in [0.3, 0.4) is 0 Å². The van der Waals surface area contributed by atoms with Crippen LogP contribution in [0.4, 0.5) is 0 Å². The molecule has 0 fully saturated rings. The maximum Gasteiger partial charge on any atom is 0.122 e. The van der Waals surface area contributed by atoms with Gasteiger partial charge in [-0.3, -0.25) is 0 Å². The lowest BCUT2D eigenvalue weighted by molar-refractivity contribution is 0.228. The number of ether oxygens (including phenoxy) is 1. The van der Waals surface area contributed by atoms with Crippen molar-refractivity contribution >= 4 is 0 Å². The van der Waals surface area contributed by atoms with Crippen molar-refractivity contribution in [3.8, 4) is 5.75 Å². The molecular weight excluding hydrogens is 150 g/mol. The predicted octanol–water partition coefficient (Wildman–Crippen LogP) is 1.72. The molecule has 1 atom stereocenters. The van der Waals surface area contributed by atoms with Gasteiger partial charge in [0.15, 0.2) is 0 Å². The first-order chi connectivity index (χ1) is 5.74. The Balaban J connectivity index is 2.69. The van der Waals surface area contributed by atoms with Crippen LogP contribution in [0.2, 0.25) is 0 Å². The highest BCUT2D eigenvalue weighted by molar-refractivity contribution is 5.31. The average Bonchev–Trinajstić information content (AvgIpc) is 2.09. The Bertz CT molecular complexity index is 247. The molecule has 0 saturated carbocycles. The van der Waals surface area contributed by atoms with Gasteiger partial charge < -0.3 is 10.5 Å². The zero-order valence-electron chi connectivity index (χ0n) is 7.58. The molecule has 0 amide bonds. The van der Waals surface area contributed by atoms with Crippen molar-refractivity contribution in [3.63, 3.8) is 0 Å². The van der Waals surface area contributed by atoms with Gasteiger partial charge in [0.2, 0.25) is 0 Å². The standard InChI is InChI=1S/C10H15NO/c1-8-5-3-4-6-10(8)12-9(2)7-11/h3-6,9H,7,11H2,1-2H3/t9-/m1/s1. The molecule has 0 saturated heterocycles. The monoisotopic (exact) mass is 165 g/mol. The van der Waals surface area contributed by atoms with Crippen LogP contribution >= 0.6 is 0 Å². The van der Waals surface area contributed by atoms with Gasteiger partial charge in [-0.1, -0.05) is 18.2 Å². The number of rotatable bonds is 3. The van der Waals surface area contributed by atoms with E-state index in [2.05, 4.69) is 0 Å². The van der Waals surface area contributed by atoms with E-state index >= 15 is 0 Å². The third kappa shape index (κ3) is 2.24. The van der Waals surface area contributed by atoms with Gasteiger partial charge in [-0.05, 0) is 25.5 Å². The van der Waals surface area contributed by atoms with Gasteiger partial charge in [-0.2, -0.15) is 0 Å². The lowest BCUT2D eigenvalue weighted by Crippen LogP contribution is -2.23. The topological polar surface area (TPSA) is 35.2 Å². The lowest BCUT2D eigenvalue weighted by Gasteiger charge is -2.13. The summed E-state index contributed by atoms with van der Waals surface area (Å²) in [6.07, 6.45) is 0.0890. The number of hydrogen-bond donors (Lipinski definition) is 1. The van der Waals surface area contributed by atoms with Crippen molar-refractivity contribution in [1.82, 2.24) is 0 Å². The van der Waals surface area contributed by atoms with Gasteiger partial charge in [-0.15, -0.1) is 0 Å². The van der Waals surface area contributed by atoms with Crippen molar-refractivity contribution in [3.05, 3.63) is 29.8 Å². The zero-order chi connectivity index (χ0) is 8.97. The largest absolute Gasteiger partial charge is 0.489 e. The Morgan fingerprint density at radius 2 is 2.08 bits per heavy atom. The highest BCUT2D eigenvalue weighted by Crippen LogP contribution is 2.17. The van der Waals surface area contributed by atoms with Gasteiger partial charge >= 0.3 is 0 Å². The molecule has 0 aromatic heterocycles. The van der Waals surface area contributed by atoms with Crippen LogP contribution < -0.4 is 10.5 Å². The summed E-state index contributed by atoms with van der Waals surface area (Å²) < 4.78 is 5.57. The van der Waals surface area contributed by atoms with Crippen molar-refractivity contribution in [2.45, 2.75) is 20.0 Å². The van der Waals surface area contributed by atoms with Crippen LogP contribution in [0.15, 0.2) is 24.3 Å². The summed E-state index contributed by atoms with van der Waals surface area (Å²) in [6.45, 7) is 4.54. The Labute approximate surface area is 73.3 Å². The second kappa shape index (κ2) is 4.12. The fourth-order valence-corrected chi connectivity index (χ4v) is 0.954. The van der Waals surface area contributed by atoms with Crippen molar-refractivity contribution in [2.24, 2.45) is 5.73 Å². The highest BCUT2D eigenvalue weighted by atomic mass is 16.5. The molecular formula is C10H15NO. The minimum Gasteiger partial charge on any atom is -0.489 e. The minimum absolute atomic E-state index is 0.0890. The van der Waals surface area contributed by atoms with Crippen LogP contribution in [-0.4, -0.2) is 12.6 Å². The number of benzene rings is 1. The molecule has 2 nitrogen and oxygen atoms in total. The van der Waals surface area contributed by atoms with Crippen molar-refractivity contribution in [1.29, 1.82) is 0 Å². The van der Waals surface area contributed by atoms with Gasteiger partial charge in [0, 0.05) is 6.54 Å². The molecule has 12 heavy (non-hydrogen) atoms. The van der Waals surface area contributed by atoms with Crippen LogP contribution in [0.5, 0.6) is 5.75 Å². The first-order valence-corrected chi connectivity index (χ1v) is 4.16. The van der Waals surface area contributed by atoms with E-state index in [1.54, 1.807) is 0 Å². The Morgan fingerprint density at radius 3 is 2.67 bits per heavy atom. The van der Waals surface area contributed by atoms with E-state index in [4.69, 9.17) is 10.5 Å². The van der Waals surface area contributed by atoms with Crippen LogP contribution in [-0.2, 0) is 0 Å². The molecule has 0 spiro atoms. The fraction of sp³-hybridized carbons (Fsp3) is 0.400. The van der Waals surface area contributed by atoms with Gasteiger partial charge in [0.05, 0.1) is 0 Å². The summed E-state index contributed by atoms with van der Waals surface area (Å²) in [5.41, 5.74) is 6.60. The van der Waals surface area contributed by atoms with E-state index in [0.717, 1.165) is 11.3 Å². The maximum atomic E-state index is 5.57. The summed E-state index contributed by atoms with van der Waals surface area (Å²) in [6, 6.07) is 7.95. The summed E-state index contributed by atoms with van der Waals surface area (Å²) in [5, 5.41) is 0. The number of nitrogens with two attached hydrogens (primary N) is 1. The number of hydrogen-bond acceptors (Lipinski definition) is 2. The average molecular weight is 165 g/mol. The SMILES string of the molecule is Cc1ccccc1O[C@H](C)CN. The summed E-state index contributed by atoms with van der Waals surface area (Å²) in [5.74, 6) is 0.926. The summed E-state index contributed by atoms with van der Waals surface area (Å²) in [4.78, 5) is 0. The van der Waals surface area contributed by atoms with Gasteiger partial charge in [0.1, 0.15) is 11.9 Å². The molecule has 0 bridgehead atoms. The first-order valence-electron chi connectivity index (χ1n) is 4.16. The fourth-order valence-electron chi connectivity index (χ4n) is 0.954. The zero-order valence-corrected chi connectivity index (χ0v) is 7.58. The Hall–Kier alpha value is -1.02. The third-order valence-corrected chi connectivity index (χ3v) is 1.75. The maximum absolute atomic E-state index is 5.57. The summed E-state index contributed by atoms with van der Waals surface area (Å²) in [7, 11) is 0. The highest BCUT2D eigenvalue weighted by Gasteiger charge is 2.02. The smallest absolute Gasteiger partial charge is 0.122 e. The first kappa shape index (κ1) is 9.07. The molecule has 66 valence electrons. The van der Waals surface area contributed by atoms with Crippen molar-refractivity contribution in [2.75, 3.05) is 6.54 Å². The molecule has 2 heteroatoms. The van der Waals surface area contributed by atoms with Crippen molar-refractivity contribution < 1.29 is 4.74 Å². The Kier molecular flexibility index (Phi) is 3.11. The normalized spacial score (nSPS) is 12.6. The second-order valence-corrected chi connectivity index (χ2v) is 2.93. The Morgan fingerprint density at radius 1 is 1.42 bits per heavy atom. The van der Waals surface area contributed by atoms with E-state index in [0.29, 0.717) is 6.54 Å². The number of aryl methyl sites for hydroxylation is 1. The molecule has 1 aromatic rings. The molecule has 1 rings (SSSR count). The van der Waals surface area contributed by atoms with E-state index in [1.165, 1.54) is 0 Å². The molecule has 2 N–H and O–H groups in total. The lowest BCUT2D eigenvalue weighted by atomic mass is 10.2. The molecule has 0 radical (unpaired) electrons. The van der Waals surface area contributed by atoms with Crippen LogP contribution in [0.1, 0.15) is 12.5 Å². The summed E-state index contributed by atoms with van der Waals surface area (Å²) >= 11 is 0. The molecule has 0 aliphatic carbocycles. The van der Waals surface area contributed by atoms with E-state index in [-0.39, 0.29) is 6.10 Å². The molecule has 0 heterocycles. The van der Waals surface area contributed by atoms with Crippen LogP contribution in [0.25, 0.3) is 0 Å². The van der Waals surface area contributed by atoms with Gasteiger partial charge in [0.25, 0.3) is 0 Å². The minimum atomic E-state index is 0.0890. The third-order valence-electron chi connectivity index (χ3n) is 1.75. The molecule has 1 aromatic carbocycles. The molecule has 0 aliphatic heterocycles. The van der Waals surface area contributed by atoms with E-state index in [9.17, 15) is 0 Å². The van der Waals surface area contributed by atoms with Crippen LogP contribution in [0, 0.1) is 6.92 Å². The second-order valence-electron chi connectivity index (χ2n) is 2.93. The predicted molar refractivity (Wildman–Crippen MR) is 50.3 cm³/mol. The van der Waals surface area contributed by atoms with E-state index in [1.807, 2.05) is 38.1 Å².